The van der Waals surface area contributed by atoms with Gasteiger partial charge in [-0.3, -0.25) is 9.59 Å². The summed E-state index contributed by atoms with van der Waals surface area (Å²) in [5, 5.41) is 5.70. The number of fused-ring (bicyclic) bond motifs is 1. The summed E-state index contributed by atoms with van der Waals surface area (Å²) in [6.07, 6.45) is -4.75. The fraction of sp³-hybridized carbons (Fsp3) is 0.176. The van der Waals surface area contributed by atoms with Gasteiger partial charge in [-0.05, 0) is 23.8 Å². The number of alkyl halides is 3. The van der Waals surface area contributed by atoms with Crippen LogP contribution < -0.4 is 5.32 Å². The Morgan fingerprint density at radius 3 is 2.54 bits per heavy atom. The first-order valence-corrected chi connectivity index (χ1v) is 8.15. The molecule has 1 amide bonds. The first-order valence-electron chi connectivity index (χ1n) is 7.77. The second kappa shape index (κ2) is 7.19. The SMILES string of the molecule is CC(=O)c1cc(C(=O)NCc2ccc(F)c(Cl)c2)n2nc(C(F)(F)F)cc2n1. The molecule has 0 atom stereocenters. The zero-order valence-electron chi connectivity index (χ0n) is 14.1. The molecule has 28 heavy (non-hydrogen) atoms. The zero-order chi connectivity index (χ0) is 20.6. The number of nitrogens with one attached hydrogen (secondary N) is 1. The van der Waals surface area contributed by atoms with Crippen molar-refractivity contribution in [2.75, 3.05) is 0 Å². The van der Waals surface area contributed by atoms with Crippen molar-refractivity contribution in [1.82, 2.24) is 19.9 Å². The molecule has 0 unspecified atom stereocenters. The van der Waals surface area contributed by atoms with E-state index in [0.29, 0.717) is 16.1 Å². The lowest BCUT2D eigenvalue weighted by Crippen LogP contribution is -2.26. The quantitative estimate of drug-likeness (QED) is 0.522. The lowest BCUT2D eigenvalue weighted by molar-refractivity contribution is -0.141. The summed E-state index contributed by atoms with van der Waals surface area (Å²) in [4.78, 5) is 27.9. The molecular weight excluding hydrogens is 404 g/mol. The Labute approximate surface area is 160 Å². The van der Waals surface area contributed by atoms with Crippen molar-refractivity contribution in [2.24, 2.45) is 0 Å². The van der Waals surface area contributed by atoms with Gasteiger partial charge in [0.2, 0.25) is 0 Å². The maximum absolute atomic E-state index is 13.2. The van der Waals surface area contributed by atoms with Crippen LogP contribution in [0, 0.1) is 5.82 Å². The lowest BCUT2D eigenvalue weighted by Gasteiger charge is -2.09. The third kappa shape index (κ3) is 3.96. The van der Waals surface area contributed by atoms with E-state index in [0.717, 1.165) is 12.1 Å². The van der Waals surface area contributed by atoms with E-state index in [1.807, 2.05) is 0 Å². The van der Waals surface area contributed by atoms with Crippen molar-refractivity contribution in [3.05, 3.63) is 63.8 Å². The van der Waals surface area contributed by atoms with Crippen LogP contribution in [0.5, 0.6) is 0 Å². The molecule has 0 saturated heterocycles. The fourth-order valence-electron chi connectivity index (χ4n) is 2.38. The van der Waals surface area contributed by atoms with Crippen molar-refractivity contribution in [3.63, 3.8) is 0 Å². The summed E-state index contributed by atoms with van der Waals surface area (Å²) in [6.45, 7) is 1.09. The topological polar surface area (TPSA) is 76.4 Å². The van der Waals surface area contributed by atoms with Crippen LogP contribution in [0.15, 0.2) is 30.3 Å². The molecule has 0 aliphatic heterocycles. The van der Waals surface area contributed by atoms with Crippen LogP contribution in [-0.2, 0) is 12.7 Å². The van der Waals surface area contributed by atoms with Gasteiger partial charge in [-0.1, -0.05) is 17.7 Å². The summed E-state index contributed by atoms with van der Waals surface area (Å²) >= 11 is 5.67. The predicted octanol–water partition coefficient (Wildman–Crippen LogP) is 3.67. The van der Waals surface area contributed by atoms with Gasteiger partial charge in [-0.25, -0.2) is 13.9 Å². The van der Waals surface area contributed by atoms with E-state index in [1.165, 1.54) is 19.1 Å². The second-order valence-corrected chi connectivity index (χ2v) is 6.22. The van der Waals surface area contributed by atoms with E-state index < -0.39 is 29.4 Å². The first kappa shape index (κ1) is 19.7. The molecule has 1 aromatic carbocycles. The smallest absolute Gasteiger partial charge is 0.347 e. The van der Waals surface area contributed by atoms with Gasteiger partial charge in [0, 0.05) is 19.5 Å². The van der Waals surface area contributed by atoms with Crippen molar-refractivity contribution in [1.29, 1.82) is 0 Å². The van der Waals surface area contributed by atoms with E-state index in [2.05, 4.69) is 15.4 Å². The molecule has 0 spiro atoms. The molecule has 0 bridgehead atoms. The highest BCUT2D eigenvalue weighted by Gasteiger charge is 2.35. The van der Waals surface area contributed by atoms with Crippen molar-refractivity contribution in [2.45, 2.75) is 19.6 Å². The Morgan fingerprint density at radius 1 is 1.21 bits per heavy atom. The van der Waals surface area contributed by atoms with Crippen molar-refractivity contribution >= 4 is 28.9 Å². The number of ketones is 1. The summed E-state index contributed by atoms with van der Waals surface area (Å²) in [7, 11) is 0. The van der Waals surface area contributed by atoms with Gasteiger partial charge in [0.05, 0.1) is 5.02 Å². The van der Waals surface area contributed by atoms with E-state index in [9.17, 15) is 27.2 Å². The number of hydrogen-bond acceptors (Lipinski definition) is 4. The third-order valence-corrected chi connectivity index (χ3v) is 4.04. The van der Waals surface area contributed by atoms with Crippen LogP contribution in [0.3, 0.4) is 0 Å². The average molecular weight is 415 g/mol. The second-order valence-electron chi connectivity index (χ2n) is 5.81. The van der Waals surface area contributed by atoms with Crippen LogP contribution in [-0.4, -0.2) is 26.3 Å². The summed E-state index contributed by atoms with van der Waals surface area (Å²) in [5.74, 6) is -1.96. The summed E-state index contributed by atoms with van der Waals surface area (Å²) < 4.78 is 52.7. The van der Waals surface area contributed by atoms with Gasteiger partial charge < -0.3 is 5.32 Å². The molecule has 0 saturated carbocycles. The van der Waals surface area contributed by atoms with Gasteiger partial charge in [-0.2, -0.15) is 18.3 Å². The van der Waals surface area contributed by atoms with Crippen LogP contribution in [0.4, 0.5) is 17.6 Å². The van der Waals surface area contributed by atoms with E-state index in [4.69, 9.17) is 11.6 Å². The minimum absolute atomic E-state index is 0.0779. The van der Waals surface area contributed by atoms with Gasteiger partial charge in [0.15, 0.2) is 17.1 Å². The standard InChI is InChI=1S/C17H11ClF4N4O2/c1-8(27)12-5-13(26-15(24-12)6-14(25-26)17(20,21)22)16(28)23-7-9-2-3-11(19)10(18)4-9/h2-6H,7H2,1H3,(H,23,28). The molecule has 2 aromatic heterocycles. The number of amides is 1. The molecular formula is C17H11ClF4N4O2. The molecule has 0 aliphatic carbocycles. The molecule has 146 valence electrons. The zero-order valence-corrected chi connectivity index (χ0v) is 14.9. The molecule has 0 fully saturated rings. The van der Waals surface area contributed by atoms with E-state index >= 15 is 0 Å². The highest BCUT2D eigenvalue weighted by Crippen LogP contribution is 2.29. The number of rotatable bonds is 4. The number of Topliss-reactive ketones (excluding diaryl/α,β-unsaturated/α-hetero) is 1. The van der Waals surface area contributed by atoms with Crippen LogP contribution in [0.1, 0.15) is 39.2 Å². The highest BCUT2D eigenvalue weighted by molar-refractivity contribution is 6.30. The predicted molar refractivity (Wildman–Crippen MR) is 90.6 cm³/mol. The lowest BCUT2D eigenvalue weighted by atomic mass is 10.2. The first-order chi connectivity index (χ1) is 13.1. The number of benzene rings is 1. The van der Waals surface area contributed by atoms with Gasteiger partial charge >= 0.3 is 6.18 Å². The number of carbonyl (C=O) groups excluding carboxylic acids is 2. The Morgan fingerprint density at radius 2 is 1.93 bits per heavy atom. The third-order valence-electron chi connectivity index (χ3n) is 3.75. The van der Waals surface area contributed by atoms with Gasteiger partial charge in [0.1, 0.15) is 17.2 Å². The fourth-order valence-corrected chi connectivity index (χ4v) is 2.58. The van der Waals surface area contributed by atoms with Gasteiger partial charge in [-0.15, -0.1) is 0 Å². The Kier molecular flexibility index (Phi) is 5.07. The van der Waals surface area contributed by atoms with Crippen molar-refractivity contribution in [3.8, 4) is 0 Å². The summed E-state index contributed by atoms with van der Waals surface area (Å²) in [5.41, 5.74) is -1.57. The van der Waals surface area contributed by atoms with Crippen LogP contribution in [0.25, 0.3) is 5.65 Å². The minimum Gasteiger partial charge on any atom is -0.347 e. The Hall–Kier alpha value is -3.01. The van der Waals surface area contributed by atoms with Crippen LogP contribution >= 0.6 is 11.6 Å². The largest absolute Gasteiger partial charge is 0.435 e. The Balaban J connectivity index is 1.97. The normalized spacial score (nSPS) is 11.6. The average Bonchev–Trinajstić information content (AvgIpc) is 3.06. The van der Waals surface area contributed by atoms with Crippen LogP contribution in [0.2, 0.25) is 5.02 Å². The molecule has 6 nitrogen and oxygen atoms in total. The van der Waals surface area contributed by atoms with Gasteiger partial charge in [0.25, 0.3) is 5.91 Å². The van der Waals surface area contributed by atoms with E-state index in [1.54, 1.807) is 0 Å². The molecule has 0 aliphatic rings. The number of carbonyl (C=O) groups is 2. The Bertz CT molecular complexity index is 1090. The minimum atomic E-state index is -4.75. The maximum atomic E-state index is 13.2. The van der Waals surface area contributed by atoms with E-state index in [-0.39, 0.29) is 28.6 Å². The number of halogens is 5. The molecule has 3 aromatic rings. The maximum Gasteiger partial charge on any atom is 0.435 e. The molecule has 11 heteroatoms. The van der Waals surface area contributed by atoms with Crippen molar-refractivity contribution < 1.29 is 27.2 Å². The highest BCUT2D eigenvalue weighted by atomic mass is 35.5. The molecule has 1 N–H and O–H groups in total. The molecule has 3 rings (SSSR count). The number of hydrogen-bond donors (Lipinski definition) is 1. The molecule has 0 radical (unpaired) electrons. The summed E-state index contributed by atoms with van der Waals surface area (Å²) in [6, 6.07) is 5.50. The number of nitrogens with zero attached hydrogens (tertiary/aromatic N) is 3. The molecule has 2 heterocycles. The monoisotopic (exact) mass is 414 g/mol. The number of aromatic nitrogens is 3.